The molecule has 2 aliphatic rings. The van der Waals surface area contributed by atoms with E-state index in [9.17, 15) is 13.6 Å². The highest BCUT2D eigenvalue weighted by Crippen LogP contribution is 2.38. The minimum atomic E-state index is -3.39. The molecular weight excluding hydrogens is 444 g/mol. The number of nitrogens with two attached hydrogens (primary N) is 1. The third-order valence-electron chi connectivity index (χ3n) is 6.27. The minimum Gasteiger partial charge on any atom is -0.390 e. The second kappa shape index (κ2) is 9.69. The fourth-order valence-corrected chi connectivity index (χ4v) is 4.69. The van der Waals surface area contributed by atoms with Gasteiger partial charge in [-0.1, -0.05) is 6.92 Å². The highest BCUT2D eigenvalue weighted by molar-refractivity contribution is 5.78. The van der Waals surface area contributed by atoms with Crippen molar-refractivity contribution < 1.29 is 18.3 Å². The number of anilines is 1. The van der Waals surface area contributed by atoms with Crippen LogP contribution in [0.4, 0.5) is 20.4 Å². The van der Waals surface area contributed by atoms with Crippen LogP contribution >= 0.6 is 0 Å². The number of aliphatic imine (C=N–C) groups is 1. The molecule has 11 heteroatoms. The van der Waals surface area contributed by atoms with Gasteiger partial charge in [0.1, 0.15) is 25.1 Å². The SMILES string of the molecule is C[C@H]1CC2CN(C(=O)COCC(F)(F)c3cccnc3N=CN)CC1N2c1ccc(C#N)cn1. The highest BCUT2D eigenvalue weighted by atomic mass is 19.3. The number of nitriles is 1. The second-order valence-corrected chi connectivity index (χ2v) is 8.51. The predicted molar refractivity (Wildman–Crippen MR) is 121 cm³/mol. The lowest BCUT2D eigenvalue weighted by molar-refractivity contribution is -0.142. The number of piperazine rings is 1. The number of nitrogens with zero attached hydrogens (tertiary/aromatic N) is 6. The standard InChI is InChI=1S/C23H25F2N7O2/c1-15-7-17-10-31(11-19(15)32(17)20-5-4-16(8-26)9-29-20)21(33)12-34-13-23(24,25)18-3-2-6-28-22(18)30-14-27/h2-6,9,14-15,17,19H,7,10-13H2,1H3,(H2,27,28,30)/t15-,17?,19?/m0/s1. The second-order valence-electron chi connectivity index (χ2n) is 8.51. The fraction of sp³-hybridized carbons (Fsp3) is 0.435. The van der Waals surface area contributed by atoms with Gasteiger partial charge in [-0.25, -0.2) is 15.0 Å². The van der Waals surface area contributed by atoms with E-state index in [0.717, 1.165) is 18.6 Å². The first kappa shape index (κ1) is 23.5. The van der Waals surface area contributed by atoms with Crippen LogP contribution in [0, 0.1) is 17.2 Å². The van der Waals surface area contributed by atoms with Crippen LogP contribution in [0.15, 0.2) is 41.7 Å². The normalized spacial score (nSPS) is 22.2. The molecule has 2 aromatic heterocycles. The zero-order valence-electron chi connectivity index (χ0n) is 18.6. The Labute approximate surface area is 195 Å². The average molecular weight is 469 g/mol. The molecule has 0 radical (unpaired) electrons. The molecule has 2 aliphatic heterocycles. The van der Waals surface area contributed by atoms with Gasteiger partial charge in [0.2, 0.25) is 5.91 Å². The molecule has 1 amide bonds. The number of carbonyl (C=O) groups is 1. The van der Waals surface area contributed by atoms with E-state index in [2.05, 4.69) is 32.9 Å². The van der Waals surface area contributed by atoms with Crippen LogP contribution in [0.1, 0.15) is 24.5 Å². The van der Waals surface area contributed by atoms with Gasteiger partial charge in [0.15, 0.2) is 5.82 Å². The van der Waals surface area contributed by atoms with Crippen molar-refractivity contribution in [1.29, 1.82) is 5.26 Å². The number of pyridine rings is 2. The van der Waals surface area contributed by atoms with Crippen LogP contribution in [0.25, 0.3) is 0 Å². The Morgan fingerprint density at radius 1 is 1.38 bits per heavy atom. The number of ether oxygens (including phenoxy) is 1. The topological polar surface area (TPSA) is 121 Å². The molecule has 34 heavy (non-hydrogen) atoms. The number of alkyl halides is 2. The largest absolute Gasteiger partial charge is 0.390 e. The molecule has 2 unspecified atom stereocenters. The molecule has 0 aliphatic carbocycles. The van der Waals surface area contributed by atoms with Gasteiger partial charge < -0.3 is 20.3 Å². The van der Waals surface area contributed by atoms with Crippen molar-refractivity contribution in [2.45, 2.75) is 31.4 Å². The first-order chi connectivity index (χ1) is 16.3. The van der Waals surface area contributed by atoms with E-state index in [1.165, 1.54) is 24.5 Å². The van der Waals surface area contributed by atoms with E-state index in [-0.39, 0.29) is 23.8 Å². The van der Waals surface area contributed by atoms with Crippen molar-refractivity contribution >= 4 is 23.9 Å². The summed E-state index contributed by atoms with van der Waals surface area (Å²) in [6, 6.07) is 8.30. The molecule has 2 fully saturated rings. The lowest BCUT2D eigenvalue weighted by Gasteiger charge is -2.42. The third-order valence-corrected chi connectivity index (χ3v) is 6.27. The number of hydrogen-bond acceptors (Lipinski definition) is 7. The first-order valence-electron chi connectivity index (χ1n) is 10.9. The smallest absolute Gasteiger partial charge is 0.299 e. The average Bonchev–Trinajstić information content (AvgIpc) is 3.03. The molecule has 3 atom stereocenters. The Bertz CT molecular complexity index is 1100. The van der Waals surface area contributed by atoms with Gasteiger partial charge in [0.05, 0.1) is 23.5 Å². The van der Waals surface area contributed by atoms with Gasteiger partial charge in [0, 0.05) is 31.5 Å². The van der Waals surface area contributed by atoms with Gasteiger partial charge in [-0.15, -0.1) is 0 Å². The molecule has 2 aromatic rings. The van der Waals surface area contributed by atoms with Gasteiger partial charge in [-0.2, -0.15) is 14.0 Å². The maximum atomic E-state index is 14.7. The Hall–Kier alpha value is -3.65. The summed E-state index contributed by atoms with van der Waals surface area (Å²) in [5.74, 6) is -2.81. The van der Waals surface area contributed by atoms with E-state index in [1.54, 1.807) is 11.0 Å². The van der Waals surface area contributed by atoms with Crippen LogP contribution in [0.2, 0.25) is 0 Å². The Kier molecular flexibility index (Phi) is 6.70. The molecule has 2 saturated heterocycles. The van der Waals surface area contributed by atoms with Crippen molar-refractivity contribution in [3.63, 3.8) is 0 Å². The Balaban J connectivity index is 1.36. The van der Waals surface area contributed by atoms with Crippen molar-refractivity contribution in [3.05, 3.63) is 47.8 Å². The van der Waals surface area contributed by atoms with Crippen molar-refractivity contribution in [3.8, 4) is 6.07 Å². The zero-order chi connectivity index (χ0) is 24.3. The summed E-state index contributed by atoms with van der Waals surface area (Å²) in [7, 11) is 0. The molecule has 9 nitrogen and oxygen atoms in total. The number of amides is 1. The summed E-state index contributed by atoms with van der Waals surface area (Å²) in [6.07, 6.45) is 4.67. The van der Waals surface area contributed by atoms with E-state index < -0.39 is 24.7 Å². The summed E-state index contributed by atoms with van der Waals surface area (Å²) < 4.78 is 34.5. The lowest BCUT2D eigenvalue weighted by atomic mass is 10.0. The fourth-order valence-electron chi connectivity index (χ4n) is 4.69. The predicted octanol–water partition coefficient (Wildman–Crippen LogP) is 2.20. The van der Waals surface area contributed by atoms with E-state index in [4.69, 9.17) is 15.7 Å². The van der Waals surface area contributed by atoms with Crippen molar-refractivity contribution in [1.82, 2.24) is 14.9 Å². The van der Waals surface area contributed by atoms with E-state index >= 15 is 0 Å². The highest BCUT2D eigenvalue weighted by Gasteiger charge is 2.46. The minimum absolute atomic E-state index is 0.0525. The van der Waals surface area contributed by atoms with Gasteiger partial charge >= 0.3 is 0 Å². The van der Waals surface area contributed by atoms with Crippen LogP contribution < -0.4 is 10.6 Å². The number of halogens is 2. The molecule has 0 saturated carbocycles. The Morgan fingerprint density at radius 3 is 2.88 bits per heavy atom. The number of fused-ring (bicyclic) bond motifs is 2. The quantitative estimate of drug-likeness (QED) is 0.487. The summed E-state index contributed by atoms with van der Waals surface area (Å²) in [4.78, 5) is 28.5. The molecule has 0 aromatic carbocycles. The number of carbonyl (C=O) groups excluding carboxylic acids is 1. The lowest BCUT2D eigenvalue weighted by Crippen LogP contribution is -2.57. The number of rotatable bonds is 7. The van der Waals surface area contributed by atoms with Gasteiger partial charge in [-0.3, -0.25) is 4.79 Å². The first-order valence-corrected chi connectivity index (χ1v) is 10.9. The number of hydrogen-bond donors (Lipinski definition) is 1. The number of aromatic nitrogens is 2. The van der Waals surface area contributed by atoms with E-state index in [1.807, 2.05) is 6.07 Å². The third kappa shape index (κ3) is 4.68. The van der Waals surface area contributed by atoms with Crippen molar-refractivity contribution in [2.75, 3.05) is 31.2 Å². The summed E-state index contributed by atoms with van der Waals surface area (Å²) in [5.41, 5.74) is 5.28. The monoisotopic (exact) mass is 469 g/mol. The molecule has 2 bridgehead atoms. The molecule has 2 N–H and O–H groups in total. The summed E-state index contributed by atoms with van der Waals surface area (Å²) in [5, 5.41) is 9.00. The van der Waals surface area contributed by atoms with Crippen LogP contribution in [-0.2, 0) is 15.5 Å². The summed E-state index contributed by atoms with van der Waals surface area (Å²) in [6.45, 7) is 1.61. The molecule has 178 valence electrons. The maximum absolute atomic E-state index is 14.7. The van der Waals surface area contributed by atoms with Gasteiger partial charge in [-0.05, 0) is 36.6 Å². The van der Waals surface area contributed by atoms with Crippen molar-refractivity contribution in [2.24, 2.45) is 16.6 Å². The molecule has 4 heterocycles. The maximum Gasteiger partial charge on any atom is 0.299 e. The van der Waals surface area contributed by atoms with Crippen LogP contribution in [-0.4, -0.2) is 65.5 Å². The van der Waals surface area contributed by atoms with Gasteiger partial charge in [0.25, 0.3) is 5.92 Å². The molecule has 4 rings (SSSR count). The molecule has 0 spiro atoms. The zero-order valence-corrected chi connectivity index (χ0v) is 18.6. The number of likely N-dealkylation sites (tertiary alicyclic amines) is 1. The van der Waals surface area contributed by atoms with Crippen LogP contribution in [0.5, 0.6) is 0 Å². The summed E-state index contributed by atoms with van der Waals surface area (Å²) >= 11 is 0. The molecular formula is C23H25F2N7O2. The van der Waals surface area contributed by atoms with Crippen LogP contribution in [0.3, 0.4) is 0 Å². The Morgan fingerprint density at radius 2 is 2.21 bits per heavy atom. The van der Waals surface area contributed by atoms with E-state index in [0.29, 0.717) is 24.6 Å².